The third-order valence-corrected chi connectivity index (χ3v) is 2.37. The number of hydrogen-bond donors (Lipinski definition) is 0. The summed E-state index contributed by atoms with van der Waals surface area (Å²) in [7, 11) is 1.60. The van der Waals surface area contributed by atoms with Crippen molar-refractivity contribution in [3.63, 3.8) is 0 Å². The fourth-order valence-corrected chi connectivity index (χ4v) is 1.56. The lowest BCUT2D eigenvalue weighted by Gasteiger charge is -2.09. The van der Waals surface area contributed by atoms with E-state index in [9.17, 15) is 4.79 Å². The summed E-state index contributed by atoms with van der Waals surface area (Å²) in [5, 5.41) is 0.441. The largest absolute Gasteiger partial charge is 0.496 e. The van der Waals surface area contributed by atoms with Crippen LogP contribution in [0.3, 0.4) is 0 Å². The van der Waals surface area contributed by atoms with Crippen molar-refractivity contribution in [3.05, 3.63) is 28.3 Å². The molecule has 0 aromatic heterocycles. The molecule has 0 radical (unpaired) electrons. The second kappa shape index (κ2) is 8.17. The van der Waals surface area contributed by atoms with E-state index in [2.05, 4.69) is 6.92 Å². The molecule has 0 aliphatic heterocycles. The third kappa shape index (κ3) is 3.86. The van der Waals surface area contributed by atoms with E-state index in [1.807, 2.05) is 13.8 Å². The van der Waals surface area contributed by atoms with E-state index in [0.29, 0.717) is 10.6 Å². The number of aldehydes is 1. The van der Waals surface area contributed by atoms with Crippen LogP contribution < -0.4 is 4.74 Å². The van der Waals surface area contributed by atoms with E-state index in [4.69, 9.17) is 16.3 Å². The summed E-state index contributed by atoms with van der Waals surface area (Å²) in [5.41, 5.74) is 1.55. The van der Waals surface area contributed by atoms with Crippen LogP contribution in [0.15, 0.2) is 12.1 Å². The molecule has 0 atom stereocenters. The predicted octanol–water partition coefficient (Wildman–Crippen LogP) is 4.14. The molecule has 0 unspecified atom stereocenters. The van der Waals surface area contributed by atoms with Crippen LogP contribution in [0.25, 0.3) is 0 Å². The first-order valence-electron chi connectivity index (χ1n) is 5.54. The summed E-state index contributed by atoms with van der Waals surface area (Å²) in [4.78, 5) is 10.7. The number of rotatable bonds is 4. The maximum Gasteiger partial charge on any atom is 0.151 e. The molecule has 0 saturated carbocycles. The quantitative estimate of drug-likeness (QED) is 0.742. The maximum atomic E-state index is 10.7. The van der Waals surface area contributed by atoms with Gasteiger partial charge in [0.05, 0.1) is 12.1 Å². The zero-order valence-electron chi connectivity index (χ0n) is 10.3. The van der Waals surface area contributed by atoms with Gasteiger partial charge < -0.3 is 4.74 Å². The summed E-state index contributed by atoms with van der Waals surface area (Å²) in [6, 6.07) is 3.48. The Bertz CT molecular complexity index is 335. The SMILES string of the molecule is CC.CCCc1cc(C=O)c(Cl)cc1OC. The molecule has 0 saturated heterocycles. The van der Waals surface area contributed by atoms with E-state index in [-0.39, 0.29) is 0 Å². The van der Waals surface area contributed by atoms with E-state index in [1.54, 1.807) is 19.2 Å². The first-order chi connectivity index (χ1) is 7.72. The average Bonchev–Trinajstić information content (AvgIpc) is 2.33. The van der Waals surface area contributed by atoms with E-state index < -0.39 is 0 Å². The number of benzene rings is 1. The van der Waals surface area contributed by atoms with Gasteiger partial charge in [0.2, 0.25) is 0 Å². The first kappa shape index (κ1) is 15.0. The Kier molecular flexibility index (Phi) is 7.65. The van der Waals surface area contributed by atoms with Crippen molar-refractivity contribution in [3.8, 4) is 5.75 Å². The summed E-state index contributed by atoms with van der Waals surface area (Å²) < 4.78 is 5.18. The molecule has 0 N–H and O–H groups in total. The predicted molar refractivity (Wildman–Crippen MR) is 68.7 cm³/mol. The second-order valence-corrected chi connectivity index (χ2v) is 3.46. The number of hydrogen-bond acceptors (Lipinski definition) is 2. The monoisotopic (exact) mass is 242 g/mol. The highest BCUT2D eigenvalue weighted by Gasteiger charge is 2.07. The molecular formula is C13H19ClO2. The number of carbonyl (C=O) groups is 1. The molecule has 0 heterocycles. The standard InChI is InChI=1S/C11H13ClO2.C2H6/c1-3-4-8-5-9(7-13)10(12)6-11(8)14-2;1-2/h5-7H,3-4H2,1-2H3;1-2H3. The summed E-state index contributed by atoms with van der Waals surface area (Å²) in [6.45, 7) is 6.08. The minimum atomic E-state index is 0.441. The fraction of sp³-hybridized carbons (Fsp3) is 0.462. The molecule has 3 heteroatoms. The molecule has 1 aromatic carbocycles. The van der Waals surface area contributed by atoms with E-state index in [0.717, 1.165) is 30.4 Å². The highest BCUT2D eigenvalue weighted by molar-refractivity contribution is 6.33. The first-order valence-corrected chi connectivity index (χ1v) is 5.92. The average molecular weight is 243 g/mol. The van der Waals surface area contributed by atoms with Crippen LogP contribution in [0.4, 0.5) is 0 Å². The molecule has 1 aromatic rings. The van der Waals surface area contributed by atoms with Gasteiger partial charge in [-0.1, -0.05) is 38.8 Å². The van der Waals surface area contributed by atoms with Crippen LogP contribution in [-0.2, 0) is 6.42 Å². The minimum absolute atomic E-state index is 0.441. The van der Waals surface area contributed by atoms with Crippen molar-refractivity contribution in [2.45, 2.75) is 33.6 Å². The molecule has 0 fully saturated rings. The molecular weight excluding hydrogens is 224 g/mol. The smallest absolute Gasteiger partial charge is 0.151 e. The Balaban J connectivity index is 0.00000106. The molecule has 0 aliphatic rings. The zero-order valence-corrected chi connectivity index (χ0v) is 11.1. The zero-order chi connectivity index (χ0) is 12.6. The Morgan fingerprint density at radius 3 is 2.44 bits per heavy atom. The fourth-order valence-electron chi connectivity index (χ4n) is 1.36. The van der Waals surface area contributed by atoms with Crippen molar-refractivity contribution in [1.29, 1.82) is 0 Å². The van der Waals surface area contributed by atoms with Gasteiger partial charge in [-0.3, -0.25) is 4.79 Å². The second-order valence-electron chi connectivity index (χ2n) is 3.05. The Labute approximate surface area is 103 Å². The third-order valence-electron chi connectivity index (χ3n) is 2.05. The van der Waals surface area contributed by atoms with Crippen LogP contribution in [0.2, 0.25) is 5.02 Å². The van der Waals surface area contributed by atoms with Crippen molar-refractivity contribution >= 4 is 17.9 Å². The highest BCUT2D eigenvalue weighted by Crippen LogP contribution is 2.27. The van der Waals surface area contributed by atoms with Crippen molar-refractivity contribution in [2.24, 2.45) is 0 Å². The molecule has 0 amide bonds. The van der Waals surface area contributed by atoms with Crippen molar-refractivity contribution < 1.29 is 9.53 Å². The summed E-state index contributed by atoms with van der Waals surface area (Å²) in [5.74, 6) is 0.752. The molecule has 1 rings (SSSR count). The molecule has 0 aliphatic carbocycles. The van der Waals surface area contributed by atoms with E-state index in [1.165, 1.54) is 0 Å². The minimum Gasteiger partial charge on any atom is -0.496 e. The summed E-state index contributed by atoms with van der Waals surface area (Å²) in [6.07, 6.45) is 2.67. The van der Waals surface area contributed by atoms with Crippen molar-refractivity contribution in [2.75, 3.05) is 7.11 Å². The van der Waals surface area contributed by atoms with E-state index >= 15 is 0 Å². The normalized spacial score (nSPS) is 9.06. The topological polar surface area (TPSA) is 26.3 Å². The molecule has 90 valence electrons. The number of ether oxygens (including phenoxy) is 1. The van der Waals surface area contributed by atoms with Crippen LogP contribution in [-0.4, -0.2) is 13.4 Å². The maximum absolute atomic E-state index is 10.7. The van der Waals surface area contributed by atoms with Gasteiger partial charge in [-0.05, 0) is 24.1 Å². The number of halogens is 1. The van der Waals surface area contributed by atoms with Gasteiger partial charge in [0.1, 0.15) is 5.75 Å². The lowest BCUT2D eigenvalue weighted by atomic mass is 10.1. The number of methoxy groups -OCH3 is 1. The van der Waals surface area contributed by atoms with Gasteiger partial charge in [-0.15, -0.1) is 0 Å². The Hall–Kier alpha value is -1.02. The van der Waals surface area contributed by atoms with Crippen LogP contribution in [0.1, 0.15) is 43.1 Å². The Morgan fingerprint density at radius 2 is 2.00 bits per heavy atom. The van der Waals surface area contributed by atoms with Gasteiger partial charge in [0.25, 0.3) is 0 Å². The molecule has 2 nitrogen and oxygen atoms in total. The highest BCUT2D eigenvalue weighted by atomic mass is 35.5. The number of aryl methyl sites for hydroxylation is 1. The lowest BCUT2D eigenvalue weighted by molar-refractivity contribution is 0.112. The van der Waals surface area contributed by atoms with Crippen molar-refractivity contribution in [1.82, 2.24) is 0 Å². The Morgan fingerprint density at radius 1 is 1.38 bits per heavy atom. The van der Waals surface area contributed by atoms with Gasteiger partial charge in [-0.25, -0.2) is 0 Å². The summed E-state index contributed by atoms with van der Waals surface area (Å²) >= 11 is 5.87. The van der Waals surface area contributed by atoms with Gasteiger partial charge >= 0.3 is 0 Å². The van der Waals surface area contributed by atoms with Gasteiger partial charge in [-0.2, -0.15) is 0 Å². The van der Waals surface area contributed by atoms with Crippen LogP contribution >= 0.6 is 11.6 Å². The van der Waals surface area contributed by atoms with Gasteiger partial charge in [0.15, 0.2) is 6.29 Å². The lowest BCUT2D eigenvalue weighted by Crippen LogP contribution is -1.94. The molecule has 0 bridgehead atoms. The molecule has 16 heavy (non-hydrogen) atoms. The van der Waals surface area contributed by atoms with Gasteiger partial charge in [0, 0.05) is 5.56 Å². The molecule has 0 spiro atoms. The number of carbonyl (C=O) groups excluding carboxylic acids is 1. The van der Waals surface area contributed by atoms with Crippen LogP contribution in [0.5, 0.6) is 5.75 Å². The van der Waals surface area contributed by atoms with Crippen LogP contribution in [0, 0.1) is 0 Å².